The monoisotopic (exact) mass is 705 g/mol. The van der Waals surface area contributed by atoms with Crippen molar-refractivity contribution in [1.29, 1.82) is 0 Å². The summed E-state index contributed by atoms with van der Waals surface area (Å²) in [5.41, 5.74) is 1.55. The second-order valence-electron chi connectivity index (χ2n) is 5.65. The van der Waals surface area contributed by atoms with E-state index in [9.17, 15) is 9.59 Å². The maximum absolute atomic E-state index is 12.6. The molecule has 0 heterocycles. The summed E-state index contributed by atoms with van der Waals surface area (Å²) in [7, 11) is 0. The van der Waals surface area contributed by atoms with E-state index in [1.807, 2.05) is 13.0 Å². The van der Waals surface area contributed by atoms with Crippen molar-refractivity contribution >= 4 is 113 Å². The summed E-state index contributed by atoms with van der Waals surface area (Å²) < 4.78 is 2.56. The van der Waals surface area contributed by atoms with Crippen molar-refractivity contribution in [3.05, 3.63) is 52.5 Å². The number of nitrogens with one attached hydrogen (secondary N) is 3. The lowest BCUT2D eigenvalue weighted by molar-refractivity contribution is -0.116. The SMILES string of the molecule is CCCC(=O)Nc1ccc(Cl)c(NC(=S)NC(=O)c2cc(I)cc(I)c2Br)c1. The highest BCUT2D eigenvalue weighted by Crippen LogP contribution is 2.27. The number of hydrogen-bond acceptors (Lipinski definition) is 3. The third kappa shape index (κ3) is 6.78. The Bertz CT molecular complexity index is 943. The van der Waals surface area contributed by atoms with Crippen LogP contribution in [0.1, 0.15) is 30.1 Å². The van der Waals surface area contributed by atoms with Gasteiger partial charge < -0.3 is 10.6 Å². The normalized spacial score (nSPS) is 10.3. The summed E-state index contributed by atoms with van der Waals surface area (Å²) in [4.78, 5) is 24.3. The van der Waals surface area contributed by atoms with E-state index in [1.54, 1.807) is 24.3 Å². The van der Waals surface area contributed by atoms with Crippen molar-refractivity contribution < 1.29 is 9.59 Å². The van der Waals surface area contributed by atoms with Gasteiger partial charge >= 0.3 is 0 Å². The molecule has 2 amide bonds. The minimum absolute atomic E-state index is 0.0789. The van der Waals surface area contributed by atoms with E-state index in [0.29, 0.717) is 32.9 Å². The third-order valence-corrected chi connectivity index (χ3v) is 7.04. The van der Waals surface area contributed by atoms with Crippen molar-refractivity contribution in [1.82, 2.24) is 5.32 Å². The highest BCUT2D eigenvalue weighted by molar-refractivity contribution is 14.1. The Morgan fingerprint density at radius 3 is 2.57 bits per heavy atom. The Morgan fingerprint density at radius 2 is 1.89 bits per heavy atom. The fourth-order valence-corrected chi connectivity index (χ4v) is 4.82. The largest absolute Gasteiger partial charge is 0.331 e. The van der Waals surface area contributed by atoms with Crippen LogP contribution in [0.3, 0.4) is 0 Å². The molecule has 0 aliphatic heterocycles. The number of carbonyl (C=O) groups is 2. The Kier molecular flexibility index (Phi) is 9.38. The molecule has 2 aromatic rings. The highest BCUT2D eigenvalue weighted by atomic mass is 127. The fraction of sp³-hybridized carbons (Fsp3) is 0.167. The first-order valence-corrected chi connectivity index (χ1v) is 11.8. The van der Waals surface area contributed by atoms with Gasteiger partial charge in [-0.1, -0.05) is 18.5 Å². The van der Waals surface area contributed by atoms with Crippen molar-refractivity contribution in [3.8, 4) is 0 Å². The van der Waals surface area contributed by atoms with Crippen LogP contribution < -0.4 is 16.0 Å². The van der Waals surface area contributed by atoms with Gasteiger partial charge in [-0.25, -0.2) is 0 Å². The molecule has 148 valence electrons. The fourth-order valence-electron chi connectivity index (χ4n) is 2.19. The maximum atomic E-state index is 12.6. The third-order valence-electron chi connectivity index (χ3n) is 3.44. The van der Waals surface area contributed by atoms with Crippen LogP contribution in [0.25, 0.3) is 0 Å². The summed E-state index contributed by atoms with van der Waals surface area (Å²) in [6.07, 6.45) is 1.19. The second-order valence-corrected chi connectivity index (χ2v) is 9.67. The van der Waals surface area contributed by atoms with Crippen LogP contribution in [0.4, 0.5) is 11.4 Å². The van der Waals surface area contributed by atoms with Crippen LogP contribution in [0, 0.1) is 7.14 Å². The standard InChI is InChI=1S/C18H15BrClI2N3O2S/c1-2-3-15(26)23-10-4-5-12(20)14(8-10)24-18(28)25-17(27)11-6-9(21)7-13(22)16(11)19/h4-8H,2-3H2,1H3,(H,23,26)(H2,24,25,27,28). The van der Waals surface area contributed by atoms with Gasteiger partial charge in [-0.05, 0) is 110 Å². The zero-order valence-electron chi connectivity index (χ0n) is 14.5. The number of rotatable bonds is 5. The average Bonchev–Trinajstić information content (AvgIpc) is 2.61. The van der Waals surface area contributed by atoms with Crippen LogP contribution in [-0.2, 0) is 4.79 Å². The predicted molar refractivity (Wildman–Crippen MR) is 138 cm³/mol. The molecule has 0 aliphatic carbocycles. The first-order valence-electron chi connectivity index (χ1n) is 8.07. The molecule has 0 aromatic heterocycles. The lowest BCUT2D eigenvalue weighted by Crippen LogP contribution is -2.34. The Hall–Kier alpha value is -0.500. The molecule has 5 nitrogen and oxygen atoms in total. The van der Waals surface area contributed by atoms with E-state index in [0.717, 1.165) is 13.6 Å². The van der Waals surface area contributed by atoms with E-state index >= 15 is 0 Å². The molecule has 3 N–H and O–H groups in total. The van der Waals surface area contributed by atoms with Crippen LogP contribution in [0.2, 0.25) is 5.02 Å². The highest BCUT2D eigenvalue weighted by Gasteiger charge is 2.15. The molecule has 0 bridgehead atoms. The van der Waals surface area contributed by atoms with Crippen molar-refractivity contribution in [3.63, 3.8) is 0 Å². The van der Waals surface area contributed by atoms with Crippen molar-refractivity contribution in [2.45, 2.75) is 19.8 Å². The van der Waals surface area contributed by atoms with Crippen molar-refractivity contribution in [2.75, 3.05) is 10.6 Å². The lowest BCUT2D eigenvalue weighted by Gasteiger charge is -2.14. The zero-order chi connectivity index (χ0) is 20.8. The molecule has 0 aliphatic rings. The molecular weight excluding hydrogens is 691 g/mol. The number of benzene rings is 2. The molecule has 0 radical (unpaired) electrons. The van der Waals surface area contributed by atoms with Gasteiger partial charge in [0.05, 0.1) is 16.3 Å². The first-order chi connectivity index (χ1) is 13.2. The molecule has 10 heteroatoms. The second kappa shape index (κ2) is 11.0. The molecule has 0 spiro atoms. The van der Waals surface area contributed by atoms with Gasteiger partial charge in [-0.2, -0.15) is 0 Å². The molecule has 0 atom stereocenters. The zero-order valence-corrected chi connectivity index (χ0v) is 22.0. The summed E-state index contributed by atoms with van der Waals surface area (Å²) in [5, 5.41) is 8.86. The Labute approximate surface area is 209 Å². The number of anilines is 2. The average molecular weight is 707 g/mol. The molecule has 2 rings (SSSR count). The topological polar surface area (TPSA) is 70.2 Å². The van der Waals surface area contributed by atoms with Crippen LogP contribution in [-0.4, -0.2) is 16.9 Å². The molecular formula is C18H15BrClI2N3O2S. The molecule has 28 heavy (non-hydrogen) atoms. The van der Waals surface area contributed by atoms with Crippen molar-refractivity contribution in [2.24, 2.45) is 0 Å². The van der Waals surface area contributed by atoms with Gasteiger partial charge in [-0.15, -0.1) is 0 Å². The number of thiocarbonyl (C=S) groups is 1. The van der Waals surface area contributed by atoms with Gasteiger partial charge in [-0.3, -0.25) is 14.9 Å². The Balaban J connectivity index is 2.10. The summed E-state index contributed by atoms with van der Waals surface area (Å²) >= 11 is 19.2. The minimum Gasteiger partial charge on any atom is -0.331 e. The summed E-state index contributed by atoms with van der Waals surface area (Å²) in [5.74, 6) is -0.422. The summed E-state index contributed by atoms with van der Waals surface area (Å²) in [6.45, 7) is 1.93. The van der Waals surface area contributed by atoms with Gasteiger partial charge in [0, 0.05) is 23.7 Å². The molecule has 0 saturated heterocycles. The number of carbonyl (C=O) groups excluding carboxylic acids is 2. The molecule has 2 aromatic carbocycles. The number of halogens is 4. The van der Waals surface area contributed by atoms with E-state index in [4.69, 9.17) is 23.8 Å². The predicted octanol–water partition coefficient (Wildman–Crippen LogP) is 6.18. The van der Waals surface area contributed by atoms with Crippen LogP contribution in [0.15, 0.2) is 34.8 Å². The van der Waals surface area contributed by atoms with Gasteiger partial charge in [0.15, 0.2) is 5.11 Å². The maximum Gasteiger partial charge on any atom is 0.258 e. The Morgan fingerprint density at radius 1 is 1.18 bits per heavy atom. The molecule has 0 fully saturated rings. The van der Waals surface area contributed by atoms with E-state index in [2.05, 4.69) is 77.1 Å². The van der Waals surface area contributed by atoms with Crippen LogP contribution >= 0.6 is 84.9 Å². The molecule has 0 saturated carbocycles. The first kappa shape index (κ1) is 23.8. The van der Waals surface area contributed by atoms with E-state index in [1.165, 1.54) is 0 Å². The van der Waals surface area contributed by atoms with Gasteiger partial charge in [0.1, 0.15) is 0 Å². The number of hydrogen-bond donors (Lipinski definition) is 3. The summed E-state index contributed by atoms with van der Waals surface area (Å²) in [6, 6.07) is 8.74. The minimum atomic E-state index is -0.343. The lowest BCUT2D eigenvalue weighted by atomic mass is 10.2. The van der Waals surface area contributed by atoms with E-state index < -0.39 is 0 Å². The van der Waals surface area contributed by atoms with Crippen LogP contribution in [0.5, 0.6) is 0 Å². The smallest absolute Gasteiger partial charge is 0.258 e. The van der Waals surface area contributed by atoms with E-state index in [-0.39, 0.29) is 16.9 Å². The van der Waals surface area contributed by atoms with Gasteiger partial charge in [0.25, 0.3) is 5.91 Å². The molecule has 0 unspecified atom stereocenters. The van der Waals surface area contributed by atoms with Gasteiger partial charge in [0.2, 0.25) is 5.91 Å². The quantitative estimate of drug-likeness (QED) is 0.198. The number of amides is 2.